The van der Waals surface area contributed by atoms with Crippen LogP contribution in [0.25, 0.3) is 0 Å². The summed E-state index contributed by atoms with van der Waals surface area (Å²) in [4.78, 5) is 16.5. The van der Waals surface area contributed by atoms with Crippen molar-refractivity contribution < 1.29 is 13.6 Å². The average Bonchev–Trinajstić information content (AvgIpc) is 2.88. The summed E-state index contributed by atoms with van der Waals surface area (Å²) < 4.78 is 26.4. The van der Waals surface area contributed by atoms with Crippen molar-refractivity contribution in [1.82, 2.24) is 4.98 Å². The number of thiazole rings is 1. The zero-order chi connectivity index (χ0) is 15.4. The Morgan fingerprint density at radius 3 is 2.90 bits per heavy atom. The third-order valence-electron chi connectivity index (χ3n) is 2.96. The molecule has 2 aromatic rings. The summed E-state index contributed by atoms with van der Waals surface area (Å²) in [5, 5.41) is 3.10. The van der Waals surface area contributed by atoms with Gasteiger partial charge in [-0.05, 0) is 11.6 Å². The SMILES string of the molecule is CC(CN)C(=O)Nc1ncc(Cc2ccc(F)cc2F)s1. The lowest BCUT2D eigenvalue weighted by Crippen LogP contribution is -2.26. The van der Waals surface area contributed by atoms with E-state index in [1.807, 2.05) is 0 Å². The smallest absolute Gasteiger partial charge is 0.230 e. The molecule has 0 radical (unpaired) electrons. The van der Waals surface area contributed by atoms with Gasteiger partial charge in [0.25, 0.3) is 0 Å². The van der Waals surface area contributed by atoms with Gasteiger partial charge >= 0.3 is 0 Å². The van der Waals surface area contributed by atoms with Crippen LogP contribution in [0.2, 0.25) is 0 Å². The van der Waals surface area contributed by atoms with Gasteiger partial charge in [0, 0.05) is 36.0 Å². The fourth-order valence-electron chi connectivity index (χ4n) is 1.64. The summed E-state index contributed by atoms with van der Waals surface area (Å²) in [6.07, 6.45) is 1.86. The summed E-state index contributed by atoms with van der Waals surface area (Å²) in [6, 6.07) is 3.46. The highest BCUT2D eigenvalue weighted by Crippen LogP contribution is 2.23. The second kappa shape index (κ2) is 6.73. The molecule has 112 valence electrons. The van der Waals surface area contributed by atoms with Crippen LogP contribution in [0.5, 0.6) is 0 Å². The molecule has 7 heteroatoms. The molecule has 1 heterocycles. The third-order valence-corrected chi connectivity index (χ3v) is 3.88. The van der Waals surface area contributed by atoms with Crippen LogP contribution in [0.3, 0.4) is 0 Å². The van der Waals surface area contributed by atoms with Gasteiger partial charge in [0.1, 0.15) is 11.6 Å². The number of carbonyl (C=O) groups excluding carboxylic acids is 1. The summed E-state index contributed by atoms with van der Waals surface area (Å²) in [6.45, 7) is 1.97. The number of nitrogens with zero attached hydrogens (tertiary/aromatic N) is 1. The van der Waals surface area contributed by atoms with Crippen molar-refractivity contribution in [3.05, 3.63) is 46.5 Å². The number of nitrogens with one attached hydrogen (secondary N) is 1. The molecule has 0 aliphatic rings. The third kappa shape index (κ3) is 4.05. The normalized spacial score (nSPS) is 12.2. The van der Waals surface area contributed by atoms with E-state index < -0.39 is 11.6 Å². The first-order valence-electron chi connectivity index (χ1n) is 6.39. The lowest BCUT2D eigenvalue weighted by molar-refractivity contribution is -0.119. The molecule has 0 spiro atoms. The van der Waals surface area contributed by atoms with Crippen LogP contribution in [-0.4, -0.2) is 17.4 Å². The number of amides is 1. The van der Waals surface area contributed by atoms with Crippen molar-refractivity contribution in [2.24, 2.45) is 11.7 Å². The van der Waals surface area contributed by atoms with Gasteiger partial charge in [-0.3, -0.25) is 4.79 Å². The molecular formula is C14H15F2N3OS. The topological polar surface area (TPSA) is 68.0 Å². The van der Waals surface area contributed by atoms with Gasteiger partial charge < -0.3 is 11.1 Å². The Hall–Kier alpha value is -1.86. The molecule has 0 aliphatic heterocycles. The standard InChI is InChI=1S/C14H15F2N3OS/c1-8(6-17)13(20)19-14-18-7-11(21-14)4-9-2-3-10(15)5-12(9)16/h2-3,5,7-8H,4,6,17H2,1H3,(H,18,19,20). The molecule has 0 saturated heterocycles. The summed E-state index contributed by atoms with van der Waals surface area (Å²) in [7, 11) is 0. The Balaban J connectivity index is 2.05. The quantitative estimate of drug-likeness (QED) is 0.891. The minimum atomic E-state index is -0.607. The van der Waals surface area contributed by atoms with E-state index in [0.29, 0.717) is 17.1 Å². The van der Waals surface area contributed by atoms with Crippen molar-refractivity contribution in [1.29, 1.82) is 0 Å². The van der Waals surface area contributed by atoms with E-state index in [-0.39, 0.29) is 18.4 Å². The van der Waals surface area contributed by atoms with E-state index in [1.54, 1.807) is 13.1 Å². The van der Waals surface area contributed by atoms with Gasteiger partial charge in [0.05, 0.1) is 0 Å². The second-order valence-electron chi connectivity index (χ2n) is 4.67. The maximum Gasteiger partial charge on any atom is 0.230 e. The first-order valence-corrected chi connectivity index (χ1v) is 7.20. The molecule has 0 bridgehead atoms. The summed E-state index contributed by atoms with van der Waals surface area (Å²) >= 11 is 1.25. The van der Waals surface area contributed by atoms with Gasteiger partial charge in [-0.15, -0.1) is 11.3 Å². The predicted octanol–water partition coefficient (Wildman–Crippen LogP) is 2.55. The van der Waals surface area contributed by atoms with Crippen LogP contribution >= 0.6 is 11.3 Å². The van der Waals surface area contributed by atoms with E-state index in [2.05, 4.69) is 10.3 Å². The number of carbonyl (C=O) groups is 1. The minimum Gasteiger partial charge on any atom is -0.330 e. The number of halogens is 2. The van der Waals surface area contributed by atoms with Crippen molar-refractivity contribution in [2.45, 2.75) is 13.3 Å². The average molecular weight is 311 g/mol. The molecular weight excluding hydrogens is 296 g/mol. The number of nitrogens with two attached hydrogens (primary N) is 1. The zero-order valence-electron chi connectivity index (χ0n) is 11.4. The van der Waals surface area contributed by atoms with Crippen LogP contribution in [0.1, 0.15) is 17.4 Å². The lowest BCUT2D eigenvalue weighted by atomic mass is 10.1. The van der Waals surface area contributed by atoms with E-state index in [9.17, 15) is 13.6 Å². The molecule has 3 N–H and O–H groups in total. The highest BCUT2D eigenvalue weighted by molar-refractivity contribution is 7.15. The Morgan fingerprint density at radius 1 is 1.48 bits per heavy atom. The highest BCUT2D eigenvalue weighted by atomic mass is 32.1. The van der Waals surface area contributed by atoms with Gasteiger partial charge in [-0.25, -0.2) is 13.8 Å². The van der Waals surface area contributed by atoms with Crippen LogP contribution in [0.15, 0.2) is 24.4 Å². The van der Waals surface area contributed by atoms with Crippen LogP contribution < -0.4 is 11.1 Å². The fourth-order valence-corrected chi connectivity index (χ4v) is 2.47. The molecule has 1 aromatic carbocycles. The lowest BCUT2D eigenvalue weighted by Gasteiger charge is -2.06. The Labute approximate surface area is 125 Å². The number of hydrogen-bond donors (Lipinski definition) is 2. The van der Waals surface area contributed by atoms with Gasteiger partial charge in [-0.2, -0.15) is 0 Å². The minimum absolute atomic E-state index is 0.202. The van der Waals surface area contributed by atoms with Crippen molar-refractivity contribution in [3.63, 3.8) is 0 Å². The number of hydrogen-bond acceptors (Lipinski definition) is 4. The van der Waals surface area contributed by atoms with Crippen molar-refractivity contribution in [3.8, 4) is 0 Å². The fraction of sp³-hybridized carbons (Fsp3) is 0.286. The monoisotopic (exact) mass is 311 g/mol. The van der Waals surface area contributed by atoms with Crippen LogP contribution in [0, 0.1) is 17.6 Å². The van der Waals surface area contributed by atoms with Gasteiger partial charge in [0.15, 0.2) is 5.13 Å². The zero-order valence-corrected chi connectivity index (χ0v) is 12.2. The molecule has 1 unspecified atom stereocenters. The number of benzene rings is 1. The molecule has 0 fully saturated rings. The maximum atomic E-state index is 13.6. The second-order valence-corrected chi connectivity index (χ2v) is 5.79. The van der Waals surface area contributed by atoms with Gasteiger partial charge in [0.2, 0.25) is 5.91 Å². The molecule has 1 aromatic heterocycles. The molecule has 21 heavy (non-hydrogen) atoms. The Morgan fingerprint density at radius 2 is 2.24 bits per heavy atom. The molecule has 1 atom stereocenters. The number of rotatable bonds is 5. The van der Waals surface area contributed by atoms with E-state index in [4.69, 9.17) is 5.73 Å². The number of aromatic nitrogens is 1. The van der Waals surface area contributed by atoms with Crippen molar-refractivity contribution in [2.75, 3.05) is 11.9 Å². The summed E-state index contributed by atoms with van der Waals surface area (Å²) in [5.41, 5.74) is 5.80. The van der Waals surface area contributed by atoms with E-state index >= 15 is 0 Å². The maximum absolute atomic E-state index is 13.6. The Bertz CT molecular complexity index is 645. The first-order chi connectivity index (χ1) is 9.99. The first kappa shape index (κ1) is 15.5. The van der Waals surface area contributed by atoms with Crippen molar-refractivity contribution >= 4 is 22.4 Å². The van der Waals surface area contributed by atoms with Gasteiger partial charge in [-0.1, -0.05) is 13.0 Å². The van der Waals surface area contributed by atoms with E-state index in [0.717, 1.165) is 10.9 Å². The molecule has 0 saturated carbocycles. The molecule has 0 aliphatic carbocycles. The molecule has 1 amide bonds. The van der Waals surface area contributed by atoms with Crippen LogP contribution in [-0.2, 0) is 11.2 Å². The predicted molar refractivity (Wildman–Crippen MR) is 78.1 cm³/mol. The molecule has 2 rings (SSSR count). The number of anilines is 1. The largest absolute Gasteiger partial charge is 0.330 e. The van der Waals surface area contributed by atoms with Crippen LogP contribution in [0.4, 0.5) is 13.9 Å². The van der Waals surface area contributed by atoms with E-state index in [1.165, 1.54) is 23.5 Å². The highest BCUT2D eigenvalue weighted by Gasteiger charge is 2.13. The summed E-state index contributed by atoms with van der Waals surface area (Å²) in [5.74, 6) is -1.70. The molecule has 4 nitrogen and oxygen atoms in total. The Kier molecular flexibility index (Phi) is 4.98.